The van der Waals surface area contributed by atoms with Gasteiger partial charge >= 0.3 is 0 Å². The molecule has 1 unspecified atom stereocenters. The summed E-state index contributed by atoms with van der Waals surface area (Å²) in [7, 11) is 0. The molecule has 180 valence electrons. The Morgan fingerprint density at radius 2 is 1.86 bits per heavy atom. The quantitative estimate of drug-likeness (QED) is 0.514. The van der Waals surface area contributed by atoms with Crippen LogP contribution in [0.15, 0.2) is 36.5 Å². The Morgan fingerprint density at radius 3 is 2.60 bits per heavy atom. The van der Waals surface area contributed by atoms with Crippen LogP contribution in [0.5, 0.6) is 0 Å². The van der Waals surface area contributed by atoms with Crippen molar-refractivity contribution in [3.63, 3.8) is 0 Å². The van der Waals surface area contributed by atoms with Crippen molar-refractivity contribution in [2.24, 2.45) is 11.1 Å². The first-order valence-electron chi connectivity index (χ1n) is 11.8. The molecule has 0 bridgehead atoms. The van der Waals surface area contributed by atoms with Crippen molar-refractivity contribution >= 4 is 29.0 Å². The SMILES string of the molecule is Nc1nc2c(cc1F)N(C(=O)c1ncc(N3CCC4(CC3)Cc3ccccc3C4N)nc1N)CC2. The topological polar surface area (TPSA) is 140 Å². The summed E-state index contributed by atoms with van der Waals surface area (Å²) in [5.41, 5.74) is 22.1. The van der Waals surface area contributed by atoms with Crippen molar-refractivity contribution in [1.82, 2.24) is 15.0 Å². The Bertz CT molecular complexity index is 1340. The van der Waals surface area contributed by atoms with Crippen LogP contribution in [-0.2, 0) is 12.8 Å². The average Bonchev–Trinajstić information content (AvgIpc) is 3.38. The molecule has 1 saturated heterocycles. The summed E-state index contributed by atoms with van der Waals surface area (Å²) in [6.45, 7) is 1.92. The number of halogens is 1. The zero-order valence-electron chi connectivity index (χ0n) is 19.2. The number of anilines is 4. The number of aromatic nitrogens is 3. The van der Waals surface area contributed by atoms with Gasteiger partial charge in [-0.1, -0.05) is 24.3 Å². The summed E-state index contributed by atoms with van der Waals surface area (Å²) < 4.78 is 14.0. The van der Waals surface area contributed by atoms with E-state index in [-0.39, 0.29) is 28.8 Å². The lowest BCUT2D eigenvalue weighted by molar-refractivity contribution is 0.0985. The van der Waals surface area contributed by atoms with Gasteiger partial charge in [0.1, 0.15) is 5.82 Å². The average molecular weight is 475 g/mol. The van der Waals surface area contributed by atoms with Gasteiger partial charge in [-0.15, -0.1) is 0 Å². The van der Waals surface area contributed by atoms with E-state index in [1.165, 1.54) is 22.1 Å². The number of carbonyl (C=O) groups excluding carboxylic acids is 1. The van der Waals surface area contributed by atoms with Gasteiger partial charge < -0.3 is 27.0 Å². The molecule has 0 saturated carbocycles. The summed E-state index contributed by atoms with van der Waals surface area (Å²) in [4.78, 5) is 29.7. The van der Waals surface area contributed by atoms with Crippen LogP contribution < -0.4 is 27.0 Å². The zero-order chi connectivity index (χ0) is 24.3. The molecule has 1 fully saturated rings. The van der Waals surface area contributed by atoms with Crippen molar-refractivity contribution in [1.29, 1.82) is 0 Å². The third-order valence-electron chi connectivity index (χ3n) is 7.83. The summed E-state index contributed by atoms with van der Waals surface area (Å²) in [6, 6.07) is 9.71. The predicted octanol–water partition coefficient (Wildman–Crippen LogP) is 2.22. The van der Waals surface area contributed by atoms with E-state index in [1.807, 2.05) is 0 Å². The number of hydrogen-bond acceptors (Lipinski definition) is 8. The molecule has 4 heterocycles. The highest BCUT2D eigenvalue weighted by atomic mass is 19.1. The molecule has 6 N–H and O–H groups in total. The molecular formula is C25H27FN8O. The molecule has 35 heavy (non-hydrogen) atoms. The van der Waals surface area contributed by atoms with Crippen LogP contribution in [0.3, 0.4) is 0 Å². The van der Waals surface area contributed by atoms with Gasteiger partial charge in [0.25, 0.3) is 5.91 Å². The van der Waals surface area contributed by atoms with E-state index in [4.69, 9.17) is 17.2 Å². The maximum absolute atomic E-state index is 14.0. The molecule has 2 aliphatic heterocycles. The van der Waals surface area contributed by atoms with Gasteiger partial charge in [-0.2, -0.15) is 0 Å². The molecule has 0 radical (unpaired) electrons. The number of fused-ring (bicyclic) bond motifs is 2. The van der Waals surface area contributed by atoms with Gasteiger partial charge in [0.2, 0.25) is 0 Å². The van der Waals surface area contributed by atoms with E-state index >= 15 is 0 Å². The lowest BCUT2D eigenvalue weighted by Crippen LogP contribution is -2.44. The number of benzene rings is 1. The fourth-order valence-corrected chi connectivity index (χ4v) is 5.83. The summed E-state index contributed by atoms with van der Waals surface area (Å²) in [5, 5.41) is 0. The predicted molar refractivity (Wildman–Crippen MR) is 131 cm³/mol. The Hall–Kier alpha value is -3.79. The molecule has 1 aliphatic carbocycles. The normalized spacial score (nSPS) is 20.2. The number of piperidine rings is 1. The van der Waals surface area contributed by atoms with Gasteiger partial charge in [0, 0.05) is 38.2 Å². The molecule has 1 amide bonds. The number of nitrogen functional groups attached to an aromatic ring is 2. The van der Waals surface area contributed by atoms with Gasteiger partial charge in [0.05, 0.1) is 17.6 Å². The Labute approximate surface area is 202 Å². The number of amides is 1. The molecule has 9 nitrogen and oxygen atoms in total. The lowest BCUT2D eigenvalue weighted by Gasteiger charge is -2.42. The van der Waals surface area contributed by atoms with Gasteiger partial charge in [-0.05, 0) is 35.8 Å². The second-order valence-electron chi connectivity index (χ2n) is 9.69. The first-order valence-corrected chi connectivity index (χ1v) is 11.8. The third kappa shape index (κ3) is 3.39. The fraction of sp³-hybridized carbons (Fsp3) is 0.360. The third-order valence-corrected chi connectivity index (χ3v) is 7.83. The molecule has 10 heteroatoms. The largest absolute Gasteiger partial charge is 0.382 e. The molecule has 6 rings (SSSR count). The number of rotatable bonds is 2. The summed E-state index contributed by atoms with van der Waals surface area (Å²) in [5.74, 6) is -0.577. The van der Waals surface area contributed by atoms with Crippen LogP contribution in [0.2, 0.25) is 0 Å². The highest BCUT2D eigenvalue weighted by molar-refractivity contribution is 6.08. The highest BCUT2D eigenvalue weighted by Crippen LogP contribution is 2.50. The maximum Gasteiger partial charge on any atom is 0.280 e. The van der Waals surface area contributed by atoms with Crippen molar-refractivity contribution < 1.29 is 9.18 Å². The summed E-state index contributed by atoms with van der Waals surface area (Å²) in [6.07, 6.45) is 4.95. The molecule has 1 spiro atoms. The van der Waals surface area contributed by atoms with Crippen LogP contribution >= 0.6 is 0 Å². The lowest BCUT2D eigenvalue weighted by atomic mass is 9.73. The molecule has 1 atom stereocenters. The highest BCUT2D eigenvalue weighted by Gasteiger charge is 2.46. The number of hydrogen-bond donors (Lipinski definition) is 3. The van der Waals surface area contributed by atoms with Crippen LogP contribution in [0.1, 0.15) is 46.2 Å². The van der Waals surface area contributed by atoms with Crippen molar-refractivity contribution in [2.75, 3.05) is 40.9 Å². The smallest absolute Gasteiger partial charge is 0.280 e. The standard InChI is InChI=1S/C25H27FN8O/c26-16-11-18-17(31-22(16)28)5-8-34(18)24(35)20-23(29)32-19(13-30-20)33-9-6-25(7-10-33)12-14-3-1-2-4-15(14)21(25)27/h1-4,11,13,21H,5-10,12,27H2,(H2,28,31)(H2,29,32). The van der Waals surface area contributed by atoms with Crippen LogP contribution in [0.25, 0.3) is 0 Å². The van der Waals surface area contributed by atoms with Gasteiger partial charge in [0.15, 0.2) is 23.1 Å². The Morgan fingerprint density at radius 1 is 1.09 bits per heavy atom. The van der Waals surface area contributed by atoms with Crippen LogP contribution in [0.4, 0.5) is 27.5 Å². The van der Waals surface area contributed by atoms with E-state index < -0.39 is 11.7 Å². The van der Waals surface area contributed by atoms with Crippen molar-refractivity contribution in [2.45, 2.75) is 31.7 Å². The second kappa shape index (κ2) is 7.88. The monoisotopic (exact) mass is 474 g/mol. The molecular weight excluding hydrogens is 447 g/mol. The van der Waals surface area contributed by atoms with Gasteiger partial charge in [-0.3, -0.25) is 4.79 Å². The minimum absolute atomic E-state index is 0.0371. The zero-order valence-corrected chi connectivity index (χ0v) is 19.2. The second-order valence-corrected chi connectivity index (χ2v) is 9.69. The first kappa shape index (κ1) is 21.7. The minimum Gasteiger partial charge on any atom is -0.382 e. The van der Waals surface area contributed by atoms with E-state index in [0.717, 1.165) is 32.4 Å². The van der Waals surface area contributed by atoms with E-state index in [1.54, 1.807) is 6.20 Å². The first-order chi connectivity index (χ1) is 16.9. The van der Waals surface area contributed by atoms with Crippen LogP contribution in [-0.4, -0.2) is 40.5 Å². The van der Waals surface area contributed by atoms with Gasteiger partial charge in [-0.25, -0.2) is 19.3 Å². The van der Waals surface area contributed by atoms with Crippen molar-refractivity contribution in [3.05, 3.63) is 64.9 Å². The Kier molecular flexibility index (Phi) is 4.89. The molecule has 1 aromatic carbocycles. The minimum atomic E-state index is -0.661. The number of carbonyl (C=O) groups is 1. The molecule has 2 aromatic heterocycles. The molecule has 3 aliphatic rings. The Balaban J connectivity index is 1.18. The number of nitrogens with zero attached hydrogens (tertiary/aromatic N) is 5. The number of pyridine rings is 1. The fourth-order valence-electron chi connectivity index (χ4n) is 5.83. The van der Waals surface area contributed by atoms with Crippen LogP contribution in [0, 0.1) is 11.2 Å². The van der Waals surface area contributed by atoms with E-state index in [0.29, 0.717) is 30.2 Å². The molecule has 3 aromatic rings. The maximum atomic E-state index is 14.0. The van der Waals surface area contributed by atoms with E-state index in [9.17, 15) is 9.18 Å². The number of nitrogens with two attached hydrogens (primary N) is 3. The summed E-state index contributed by atoms with van der Waals surface area (Å²) >= 11 is 0. The van der Waals surface area contributed by atoms with Crippen molar-refractivity contribution in [3.8, 4) is 0 Å². The van der Waals surface area contributed by atoms with E-state index in [2.05, 4.69) is 44.1 Å².